The van der Waals surface area contributed by atoms with Gasteiger partial charge >= 0.3 is 0 Å². The van der Waals surface area contributed by atoms with Gasteiger partial charge in [0.25, 0.3) is 0 Å². The largest absolute Gasteiger partial charge is 0.467 e. The summed E-state index contributed by atoms with van der Waals surface area (Å²) in [6.07, 6.45) is 5.20. The number of nitrogens with one attached hydrogen (secondary N) is 2. The third kappa shape index (κ3) is 4.19. The van der Waals surface area contributed by atoms with Crippen molar-refractivity contribution in [3.8, 4) is 0 Å². The topological polar surface area (TPSA) is 72.1 Å². The summed E-state index contributed by atoms with van der Waals surface area (Å²) < 4.78 is 7.36. The molecule has 1 atom stereocenters. The zero-order valence-electron chi connectivity index (χ0n) is 12.9. The van der Waals surface area contributed by atoms with Crippen LogP contribution in [-0.2, 0) is 11.8 Å². The van der Waals surface area contributed by atoms with Crippen molar-refractivity contribution in [3.63, 3.8) is 0 Å². The lowest BCUT2D eigenvalue weighted by molar-refractivity contribution is -0.121. The first-order valence-corrected chi connectivity index (χ1v) is 6.92. The fraction of sp³-hybridized carbons (Fsp3) is 0.467. The molecule has 0 aliphatic carbocycles. The first-order chi connectivity index (χ1) is 9.87. The second-order valence-corrected chi connectivity index (χ2v) is 6.02. The molecule has 1 unspecified atom stereocenters. The van der Waals surface area contributed by atoms with Crippen molar-refractivity contribution in [1.82, 2.24) is 20.2 Å². The number of aryl methyl sites for hydroxylation is 1. The van der Waals surface area contributed by atoms with E-state index >= 15 is 0 Å². The van der Waals surface area contributed by atoms with Gasteiger partial charge in [0.1, 0.15) is 17.6 Å². The molecule has 0 bridgehead atoms. The number of rotatable bonds is 5. The maximum Gasteiger partial charge on any atom is 0.234 e. The fourth-order valence-electron chi connectivity index (χ4n) is 2.09. The zero-order chi connectivity index (χ0) is 15.5. The lowest BCUT2D eigenvalue weighted by atomic mass is 10.1. The SMILES string of the molecule is Cn1ccnc1C(NCC(=O)NC(C)(C)C)c1ccco1. The van der Waals surface area contributed by atoms with Gasteiger partial charge in [-0.1, -0.05) is 0 Å². The highest BCUT2D eigenvalue weighted by molar-refractivity contribution is 5.78. The van der Waals surface area contributed by atoms with E-state index in [1.807, 2.05) is 50.7 Å². The molecule has 0 aliphatic heterocycles. The van der Waals surface area contributed by atoms with E-state index in [1.165, 1.54) is 0 Å². The van der Waals surface area contributed by atoms with Crippen LogP contribution in [0, 0.1) is 0 Å². The van der Waals surface area contributed by atoms with Crippen molar-refractivity contribution in [3.05, 3.63) is 42.4 Å². The number of imidazole rings is 1. The highest BCUT2D eigenvalue weighted by Gasteiger charge is 2.22. The predicted molar refractivity (Wildman–Crippen MR) is 79.7 cm³/mol. The summed E-state index contributed by atoms with van der Waals surface area (Å²) in [5.74, 6) is 1.47. The van der Waals surface area contributed by atoms with E-state index in [9.17, 15) is 4.79 Å². The van der Waals surface area contributed by atoms with Gasteiger partial charge in [0.15, 0.2) is 0 Å². The van der Waals surface area contributed by atoms with Crippen LogP contribution in [-0.4, -0.2) is 27.5 Å². The number of amides is 1. The molecule has 2 rings (SSSR count). The monoisotopic (exact) mass is 290 g/mol. The van der Waals surface area contributed by atoms with Gasteiger partial charge in [-0.25, -0.2) is 4.98 Å². The maximum absolute atomic E-state index is 12.0. The smallest absolute Gasteiger partial charge is 0.234 e. The third-order valence-corrected chi connectivity index (χ3v) is 2.93. The van der Waals surface area contributed by atoms with Gasteiger partial charge in [-0.3, -0.25) is 10.1 Å². The molecule has 2 N–H and O–H groups in total. The van der Waals surface area contributed by atoms with E-state index in [0.29, 0.717) is 0 Å². The lowest BCUT2D eigenvalue weighted by Gasteiger charge is -2.22. The van der Waals surface area contributed by atoms with Gasteiger partial charge in [0.2, 0.25) is 5.91 Å². The molecule has 0 spiro atoms. The summed E-state index contributed by atoms with van der Waals surface area (Å²) in [5, 5.41) is 6.12. The molecule has 2 aromatic rings. The molecule has 0 fully saturated rings. The van der Waals surface area contributed by atoms with Crippen LogP contribution in [0.1, 0.15) is 38.4 Å². The molecule has 2 heterocycles. The molecule has 2 aromatic heterocycles. The number of hydrogen-bond acceptors (Lipinski definition) is 4. The Morgan fingerprint density at radius 3 is 2.76 bits per heavy atom. The minimum Gasteiger partial charge on any atom is -0.467 e. The number of carbonyl (C=O) groups is 1. The predicted octanol–water partition coefficient (Wildman–Crippen LogP) is 1.61. The van der Waals surface area contributed by atoms with E-state index in [-0.39, 0.29) is 24.0 Å². The van der Waals surface area contributed by atoms with Crippen LogP contribution >= 0.6 is 0 Å². The molecule has 0 aliphatic rings. The van der Waals surface area contributed by atoms with E-state index in [0.717, 1.165) is 11.6 Å². The minimum atomic E-state index is -0.259. The third-order valence-electron chi connectivity index (χ3n) is 2.93. The quantitative estimate of drug-likeness (QED) is 0.877. The van der Waals surface area contributed by atoms with Crippen LogP contribution in [0.5, 0.6) is 0 Å². The molecule has 1 amide bonds. The second kappa shape index (κ2) is 6.13. The van der Waals surface area contributed by atoms with Crippen LogP contribution in [0.2, 0.25) is 0 Å². The van der Waals surface area contributed by atoms with Crippen molar-refractivity contribution in [2.45, 2.75) is 32.4 Å². The second-order valence-electron chi connectivity index (χ2n) is 6.02. The normalized spacial score (nSPS) is 13.1. The highest BCUT2D eigenvalue weighted by Crippen LogP contribution is 2.20. The molecule has 0 saturated heterocycles. The minimum absolute atomic E-state index is 0.0618. The summed E-state index contributed by atoms with van der Waals surface area (Å²) in [7, 11) is 1.91. The van der Waals surface area contributed by atoms with Crippen molar-refractivity contribution < 1.29 is 9.21 Å². The van der Waals surface area contributed by atoms with Crippen LogP contribution in [0.4, 0.5) is 0 Å². The summed E-state index contributed by atoms with van der Waals surface area (Å²) >= 11 is 0. The van der Waals surface area contributed by atoms with E-state index in [4.69, 9.17) is 4.42 Å². The van der Waals surface area contributed by atoms with Gasteiger partial charge in [-0.05, 0) is 32.9 Å². The zero-order valence-corrected chi connectivity index (χ0v) is 12.9. The fourth-order valence-corrected chi connectivity index (χ4v) is 2.09. The Labute approximate surface area is 124 Å². The molecule has 0 saturated carbocycles. The summed E-state index contributed by atoms with van der Waals surface area (Å²) in [6, 6.07) is 3.43. The molecule has 6 heteroatoms. The van der Waals surface area contributed by atoms with E-state index in [1.54, 1.807) is 12.5 Å². The number of nitrogens with zero attached hydrogens (tertiary/aromatic N) is 2. The Balaban J connectivity index is 2.08. The Hall–Kier alpha value is -2.08. The van der Waals surface area contributed by atoms with Crippen molar-refractivity contribution in [1.29, 1.82) is 0 Å². The number of carbonyl (C=O) groups excluding carboxylic acids is 1. The van der Waals surface area contributed by atoms with Gasteiger partial charge in [-0.2, -0.15) is 0 Å². The Morgan fingerprint density at radius 2 is 2.24 bits per heavy atom. The van der Waals surface area contributed by atoms with Crippen molar-refractivity contribution >= 4 is 5.91 Å². The average molecular weight is 290 g/mol. The van der Waals surface area contributed by atoms with Gasteiger partial charge < -0.3 is 14.3 Å². The Kier molecular flexibility index (Phi) is 4.47. The molecule has 0 aromatic carbocycles. The lowest BCUT2D eigenvalue weighted by Crippen LogP contribution is -2.45. The number of hydrogen-bond donors (Lipinski definition) is 2. The number of furan rings is 1. The van der Waals surface area contributed by atoms with Crippen LogP contribution in [0.25, 0.3) is 0 Å². The standard InChI is InChI=1S/C15H22N4O2/c1-15(2,3)18-12(20)10-17-13(11-6-5-9-21-11)14-16-7-8-19(14)4/h5-9,13,17H,10H2,1-4H3,(H,18,20). The summed E-state index contributed by atoms with van der Waals surface area (Å²) in [5.41, 5.74) is -0.248. The van der Waals surface area contributed by atoms with Crippen LogP contribution in [0.3, 0.4) is 0 Å². The van der Waals surface area contributed by atoms with E-state index < -0.39 is 0 Å². The summed E-state index contributed by atoms with van der Waals surface area (Å²) in [4.78, 5) is 16.3. The highest BCUT2D eigenvalue weighted by atomic mass is 16.3. The van der Waals surface area contributed by atoms with Crippen molar-refractivity contribution in [2.24, 2.45) is 7.05 Å². The molecule has 0 radical (unpaired) electrons. The Bertz CT molecular complexity index is 581. The average Bonchev–Trinajstić information content (AvgIpc) is 3.00. The maximum atomic E-state index is 12.0. The first-order valence-electron chi connectivity index (χ1n) is 6.92. The molecule has 6 nitrogen and oxygen atoms in total. The van der Waals surface area contributed by atoms with Crippen LogP contribution < -0.4 is 10.6 Å². The number of aromatic nitrogens is 2. The van der Waals surface area contributed by atoms with E-state index in [2.05, 4.69) is 15.6 Å². The molecular weight excluding hydrogens is 268 g/mol. The van der Waals surface area contributed by atoms with Gasteiger partial charge in [0.05, 0.1) is 12.8 Å². The van der Waals surface area contributed by atoms with Gasteiger partial charge in [0, 0.05) is 25.0 Å². The van der Waals surface area contributed by atoms with Crippen molar-refractivity contribution in [2.75, 3.05) is 6.54 Å². The molecule has 21 heavy (non-hydrogen) atoms. The Morgan fingerprint density at radius 1 is 1.48 bits per heavy atom. The first kappa shape index (κ1) is 15.3. The molecular formula is C15H22N4O2. The van der Waals surface area contributed by atoms with Crippen LogP contribution in [0.15, 0.2) is 35.2 Å². The molecule has 114 valence electrons. The summed E-state index contributed by atoms with van der Waals surface area (Å²) in [6.45, 7) is 6.05. The van der Waals surface area contributed by atoms with Gasteiger partial charge in [-0.15, -0.1) is 0 Å².